The number of rotatable bonds is 4. The highest BCUT2D eigenvalue weighted by molar-refractivity contribution is 7.89. The lowest BCUT2D eigenvalue weighted by atomic mass is 9.97. The van der Waals surface area contributed by atoms with E-state index in [2.05, 4.69) is 4.72 Å². The smallest absolute Gasteiger partial charge is 0.243 e. The Labute approximate surface area is 126 Å². The Hall–Kier alpha value is -0.980. The van der Waals surface area contributed by atoms with Gasteiger partial charge in [-0.3, -0.25) is 0 Å². The fourth-order valence-corrected chi connectivity index (χ4v) is 4.17. The van der Waals surface area contributed by atoms with E-state index >= 15 is 0 Å². The molecular weight excluding hydrogens is 291 g/mol. The lowest BCUT2D eigenvalue weighted by Gasteiger charge is -2.21. The molecule has 1 aromatic carbocycles. The first-order valence-corrected chi connectivity index (χ1v) is 9.02. The number of nitrogens with two attached hydrogens (primary N) is 1. The van der Waals surface area contributed by atoms with Gasteiger partial charge < -0.3 is 5.73 Å². The molecule has 0 radical (unpaired) electrons. The van der Waals surface area contributed by atoms with Crippen molar-refractivity contribution in [1.82, 2.24) is 4.72 Å². The zero-order valence-corrected chi connectivity index (χ0v) is 13.0. The summed E-state index contributed by atoms with van der Waals surface area (Å²) in [5.41, 5.74) is 6.10. The largest absolute Gasteiger partial charge is 0.326 e. The molecule has 6 heteroatoms. The quantitative estimate of drug-likeness (QED) is 0.897. The van der Waals surface area contributed by atoms with E-state index in [-0.39, 0.29) is 17.5 Å². The van der Waals surface area contributed by atoms with E-state index in [1.165, 1.54) is 18.6 Å². The van der Waals surface area contributed by atoms with Crippen LogP contribution in [0, 0.1) is 5.82 Å². The SMILES string of the molecule is NCc1ccc(F)c(S(=O)(=O)NC2CCCCCCC2)c1. The highest BCUT2D eigenvalue weighted by atomic mass is 32.2. The van der Waals surface area contributed by atoms with Crippen molar-refractivity contribution in [1.29, 1.82) is 0 Å². The Morgan fingerprint density at radius 3 is 2.38 bits per heavy atom. The van der Waals surface area contributed by atoms with Gasteiger partial charge in [-0.2, -0.15) is 0 Å². The van der Waals surface area contributed by atoms with Crippen molar-refractivity contribution < 1.29 is 12.8 Å². The molecule has 3 N–H and O–H groups in total. The van der Waals surface area contributed by atoms with Gasteiger partial charge in [0, 0.05) is 12.6 Å². The molecule has 1 saturated carbocycles. The number of benzene rings is 1. The molecule has 0 saturated heterocycles. The minimum atomic E-state index is -3.83. The van der Waals surface area contributed by atoms with E-state index in [0.717, 1.165) is 44.6 Å². The summed E-state index contributed by atoms with van der Waals surface area (Å²) >= 11 is 0. The highest BCUT2D eigenvalue weighted by Crippen LogP contribution is 2.21. The van der Waals surface area contributed by atoms with Crippen molar-refractivity contribution in [2.24, 2.45) is 5.73 Å². The van der Waals surface area contributed by atoms with Crippen LogP contribution in [0.1, 0.15) is 50.5 Å². The zero-order chi connectivity index (χ0) is 15.3. The third kappa shape index (κ3) is 4.49. The number of halogens is 1. The van der Waals surface area contributed by atoms with Gasteiger partial charge in [-0.25, -0.2) is 17.5 Å². The van der Waals surface area contributed by atoms with E-state index < -0.39 is 15.8 Å². The second-order valence-corrected chi connectivity index (χ2v) is 7.31. The summed E-state index contributed by atoms with van der Waals surface area (Å²) in [6.07, 6.45) is 7.14. The van der Waals surface area contributed by atoms with Crippen molar-refractivity contribution >= 4 is 10.0 Å². The molecule has 0 spiro atoms. The zero-order valence-electron chi connectivity index (χ0n) is 12.1. The molecule has 0 bridgehead atoms. The van der Waals surface area contributed by atoms with Crippen molar-refractivity contribution in [3.8, 4) is 0 Å². The molecular formula is C15H23FN2O2S. The lowest BCUT2D eigenvalue weighted by molar-refractivity contribution is 0.425. The maximum atomic E-state index is 13.8. The minimum absolute atomic E-state index is 0.101. The predicted octanol–water partition coefficient (Wildman–Crippen LogP) is 2.68. The lowest BCUT2D eigenvalue weighted by Crippen LogP contribution is -2.35. The topological polar surface area (TPSA) is 72.2 Å². The molecule has 21 heavy (non-hydrogen) atoms. The average Bonchev–Trinajstić information content (AvgIpc) is 2.42. The molecule has 0 heterocycles. The van der Waals surface area contributed by atoms with Crippen molar-refractivity contribution in [2.75, 3.05) is 0 Å². The standard InChI is InChI=1S/C15H23FN2O2S/c16-14-9-8-12(11-17)10-15(14)21(19,20)18-13-6-4-2-1-3-5-7-13/h8-10,13,18H,1-7,11,17H2. The Morgan fingerprint density at radius 1 is 1.14 bits per heavy atom. The van der Waals surface area contributed by atoms with Gasteiger partial charge in [-0.05, 0) is 30.5 Å². The molecule has 1 aliphatic carbocycles. The molecule has 2 rings (SSSR count). The number of hydrogen-bond acceptors (Lipinski definition) is 3. The van der Waals surface area contributed by atoms with Crippen LogP contribution in [0.2, 0.25) is 0 Å². The average molecular weight is 314 g/mol. The molecule has 4 nitrogen and oxygen atoms in total. The monoisotopic (exact) mass is 314 g/mol. The Kier molecular flexibility index (Phi) is 5.72. The summed E-state index contributed by atoms with van der Waals surface area (Å²) in [7, 11) is -3.83. The van der Waals surface area contributed by atoms with Gasteiger partial charge in [-0.15, -0.1) is 0 Å². The van der Waals surface area contributed by atoms with Crippen LogP contribution in [0.15, 0.2) is 23.1 Å². The first-order chi connectivity index (χ1) is 10.0. The van der Waals surface area contributed by atoms with Crippen molar-refractivity contribution in [3.05, 3.63) is 29.6 Å². The second kappa shape index (κ2) is 7.33. The fourth-order valence-electron chi connectivity index (χ4n) is 2.74. The predicted molar refractivity (Wildman–Crippen MR) is 80.7 cm³/mol. The van der Waals surface area contributed by atoms with Crippen LogP contribution in [-0.2, 0) is 16.6 Å². The van der Waals surface area contributed by atoms with Crippen molar-refractivity contribution in [2.45, 2.75) is 62.4 Å². The van der Waals surface area contributed by atoms with Gasteiger partial charge in [0.05, 0.1) is 0 Å². The van der Waals surface area contributed by atoms with Gasteiger partial charge in [0.25, 0.3) is 0 Å². The third-order valence-electron chi connectivity index (χ3n) is 3.95. The molecule has 0 atom stereocenters. The molecule has 1 fully saturated rings. The van der Waals surface area contributed by atoms with E-state index in [4.69, 9.17) is 5.73 Å². The maximum Gasteiger partial charge on any atom is 0.243 e. The van der Waals surface area contributed by atoms with Crippen LogP contribution < -0.4 is 10.5 Å². The van der Waals surface area contributed by atoms with Crippen LogP contribution in [0.25, 0.3) is 0 Å². The van der Waals surface area contributed by atoms with Gasteiger partial charge >= 0.3 is 0 Å². The molecule has 1 aromatic rings. The van der Waals surface area contributed by atoms with Gasteiger partial charge in [0.15, 0.2) is 0 Å². The number of nitrogens with one attached hydrogen (secondary N) is 1. The summed E-state index contributed by atoms with van der Waals surface area (Å²) in [5, 5.41) is 0. The van der Waals surface area contributed by atoms with Crippen LogP contribution >= 0.6 is 0 Å². The maximum absolute atomic E-state index is 13.8. The molecule has 0 unspecified atom stereocenters. The third-order valence-corrected chi connectivity index (χ3v) is 5.48. The molecule has 0 aliphatic heterocycles. The van der Waals surface area contributed by atoms with E-state index in [1.807, 2.05) is 0 Å². The van der Waals surface area contributed by atoms with E-state index in [9.17, 15) is 12.8 Å². The minimum Gasteiger partial charge on any atom is -0.326 e. The summed E-state index contributed by atoms with van der Waals surface area (Å²) in [4.78, 5) is -0.299. The normalized spacial score (nSPS) is 18.2. The fraction of sp³-hybridized carbons (Fsp3) is 0.600. The van der Waals surface area contributed by atoms with Gasteiger partial charge in [0.1, 0.15) is 10.7 Å². The first-order valence-electron chi connectivity index (χ1n) is 7.54. The Balaban J connectivity index is 2.17. The molecule has 1 aliphatic rings. The molecule has 0 aromatic heterocycles. The van der Waals surface area contributed by atoms with Crippen LogP contribution in [-0.4, -0.2) is 14.5 Å². The Morgan fingerprint density at radius 2 is 1.76 bits per heavy atom. The second-order valence-electron chi connectivity index (χ2n) is 5.63. The van der Waals surface area contributed by atoms with Crippen molar-refractivity contribution in [3.63, 3.8) is 0 Å². The molecule has 118 valence electrons. The van der Waals surface area contributed by atoms with E-state index in [1.54, 1.807) is 0 Å². The van der Waals surface area contributed by atoms with Gasteiger partial charge in [0.2, 0.25) is 10.0 Å². The summed E-state index contributed by atoms with van der Waals surface area (Å²) in [6, 6.07) is 3.89. The summed E-state index contributed by atoms with van der Waals surface area (Å²) in [6.45, 7) is 0.187. The van der Waals surface area contributed by atoms with Gasteiger partial charge in [-0.1, -0.05) is 38.2 Å². The van der Waals surface area contributed by atoms with Crippen LogP contribution in [0.3, 0.4) is 0 Å². The van der Waals surface area contributed by atoms with Crippen LogP contribution in [0.4, 0.5) is 4.39 Å². The van der Waals surface area contributed by atoms with Crippen LogP contribution in [0.5, 0.6) is 0 Å². The number of sulfonamides is 1. The van der Waals surface area contributed by atoms with E-state index in [0.29, 0.717) is 5.56 Å². The summed E-state index contributed by atoms with van der Waals surface area (Å²) < 4.78 is 41.3. The Bertz CT molecular complexity index is 567. The number of hydrogen-bond donors (Lipinski definition) is 2. The summed E-state index contributed by atoms with van der Waals surface area (Å²) in [5.74, 6) is -0.731. The first kappa shape index (κ1) is 16.4. The molecule has 0 amide bonds. The highest BCUT2D eigenvalue weighted by Gasteiger charge is 2.23.